The minimum atomic E-state index is -0.0797. The van der Waals surface area contributed by atoms with Gasteiger partial charge in [-0.3, -0.25) is 4.79 Å². The van der Waals surface area contributed by atoms with Crippen LogP contribution in [-0.2, 0) is 4.79 Å². The number of nitrogens with zero attached hydrogens (tertiary/aromatic N) is 1. The maximum atomic E-state index is 11.0. The number of nitrogens with one attached hydrogen (secondary N) is 1. The van der Waals surface area contributed by atoms with Crippen molar-refractivity contribution in [2.75, 3.05) is 5.32 Å². The minimum Gasteiger partial charge on any atom is -0.316 e. The fourth-order valence-electron chi connectivity index (χ4n) is 1.12. The number of rotatable bonds is 2. The van der Waals surface area contributed by atoms with Gasteiger partial charge in [0.15, 0.2) is 3.92 Å². The molecule has 0 saturated carbocycles. The van der Waals surface area contributed by atoms with Crippen LogP contribution in [0.1, 0.15) is 6.92 Å². The van der Waals surface area contributed by atoms with Gasteiger partial charge in [0.2, 0.25) is 5.91 Å². The first-order chi connectivity index (χ1) is 7.16. The van der Waals surface area contributed by atoms with Crippen molar-refractivity contribution < 1.29 is 4.79 Å². The van der Waals surface area contributed by atoms with Crippen molar-refractivity contribution in [2.24, 2.45) is 0 Å². The molecule has 0 aliphatic rings. The predicted octanol–water partition coefficient (Wildman–Crippen LogP) is 3.59. The van der Waals surface area contributed by atoms with Crippen LogP contribution in [0.25, 0.3) is 10.6 Å². The van der Waals surface area contributed by atoms with Gasteiger partial charge in [-0.25, -0.2) is 4.98 Å². The van der Waals surface area contributed by atoms with Gasteiger partial charge in [-0.1, -0.05) is 17.4 Å². The standard InChI is InChI=1S/C9H7BrN2OS2/c1-5(13)11-8-7(12-9(10)15-8)6-3-2-4-14-6/h2-4H,1H3,(H,11,13). The third-order valence-corrected chi connectivity index (χ3v) is 3.94. The number of halogens is 1. The van der Waals surface area contributed by atoms with Crippen LogP contribution in [0, 0.1) is 0 Å². The monoisotopic (exact) mass is 302 g/mol. The molecule has 0 aliphatic heterocycles. The number of anilines is 1. The lowest BCUT2D eigenvalue weighted by atomic mass is 10.3. The number of carbonyl (C=O) groups excluding carboxylic acids is 1. The molecule has 1 N–H and O–H groups in total. The summed E-state index contributed by atoms with van der Waals surface area (Å²) in [7, 11) is 0. The zero-order valence-corrected chi connectivity index (χ0v) is 11.0. The largest absolute Gasteiger partial charge is 0.316 e. The van der Waals surface area contributed by atoms with Gasteiger partial charge in [0.25, 0.3) is 0 Å². The van der Waals surface area contributed by atoms with Crippen LogP contribution < -0.4 is 5.32 Å². The summed E-state index contributed by atoms with van der Waals surface area (Å²) in [6.45, 7) is 1.49. The van der Waals surface area contributed by atoms with Crippen molar-refractivity contribution >= 4 is 49.5 Å². The zero-order chi connectivity index (χ0) is 10.8. The Hall–Kier alpha value is -0.720. The summed E-state index contributed by atoms with van der Waals surface area (Å²) >= 11 is 6.34. The molecule has 2 aromatic heterocycles. The van der Waals surface area contributed by atoms with Gasteiger partial charge < -0.3 is 5.32 Å². The molecule has 0 aliphatic carbocycles. The predicted molar refractivity (Wildman–Crippen MR) is 67.4 cm³/mol. The summed E-state index contributed by atoms with van der Waals surface area (Å²) < 4.78 is 0.773. The Labute approximate surface area is 103 Å². The Morgan fingerprint density at radius 3 is 3.00 bits per heavy atom. The van der Waals surface area contributed by atoms with Crippen LogP contribution in [0.5, 0.6) is 0 Å². The van der Waals surface area contributed by atoms with Gasteiger partial charge in [0, 0.05) is 6.92 Å². The van der Waals surface area contributed by atoms with Gasteiger partial charge in [-0.2, -0.15) is 0 Å². The van der Waals surface area contributed by atoms with E-state index in [1.807, 2.05) is 17.5 Å². The molecule has 0 fully saturated rings. The van der Waals surface area contributed by atoms with E-state index in [1.165, 1.54) is 18.3 Å². The number of thiophene rings is 1. The molecule has 0 radical (unpaired) electrons. The van der Waals surface area contributed by atoms with E-state index < -0.39 is 0 Å². The lowest BCUT2D eigenvalue weighted by Gasteiger charge is -1.99. The van der Waals surface area contributed by atoms with E-state index in [1.54, 1.807) is 11.3 Å². The molecule has 78 valence electrons. The average Bonchev–Trinajstić information content (AvgIpc) is 2.72. The van der Waals surface area contributed by atoms with E-state index in [-0.39, 0.29) is 5.91 Å². The van der Waals surface area contributed by atoms with Crippen molar-refractivity contribution in [3.63, 3.8) is 0 Å². The number of thiazole rings is 1. The third-order valence-electron chi connectivity index (χ3n) is 1.65. The van der Waals surface area contributed by atoms with Crippen LogP contribution in [0.15, 0.2) is 21.4 Å². The van der Waals surface area contributed by atoms with Crippen molar-refractivity contribution in [1.82, 2.24) is 4.98 Å². The molecule has 0 aromatic carbocycles. The second-order valence-electron chi connectivity index (χ2n) is 2.80. The highest BCUT2D eigenvalue weighted by atomic mass is 79.9. The summed E-state index contributed by atoms with van der Waals surface area (Å²) in [6.07, 6.45) is 0. The molecule has 0 unspecified atom stereocenters. The zero-order valence-electron chi connectivity index (χ0n) is 7.78. The fraction of sp³-hybridized carbons (Fsp3) is 0.111. The van der Waals surface area contributed by atoms with E-state index in [9.17, 15) is 4.79 Å². The second-order valence-corrected chi connectivity index (χ2v) is 6.03. The molecular weight excluding hydrogens is 296 g/mol. The van der Waals surface area contributed by atoms with E-state index in [4.69, 9.17) is 0 Å². The quantitative estimate of drug-likeness (QED) is 0.921. The van der Waals surface area contributed by atoms with Gasteiger partial charge in [0.05, 0.1) is 4.88 Å². The summed E-state index contributed by atoms with van der Waals surface area (Å²) in [5.41, 5.74) is 0.831. The summed E-state index contributed by atoms with van der Waals surface area (Å²) in [4.78, 5) is 16.4. The van der Waals surface area contributed by atoms with Crippen molar-refractivity contribution in [1.29, 1.82) is 0 Å². The normalized spacial score (nSPS) is 10.3. The topological polar surface area (TPSA) is 42.0 Å². The van der Waals surface area contributed by atoms with E-state index in [0.29, 0.717) is 0 Å². The first kappa shape index (κ1) is 10.8. The number of aromatic nitrogens is 1. The molecule has 2 aromatic rings. The Morgan fingerprint density at radius 1 is 1.60 bits per heavy atom. The average molecular weight is 303 g/mol. The highest BCUT2D eigenvalue weighted by Crippen LogP contribution is 2.37. The molecule has 2 heterocycles. The van der Waals surface area contributed by atoms with Gasteiger partial charge in [0.1, 0.15) is 10.7 Å². The minimum absolute atomic E-state index is 0.0797. The van der Waals surface area contributed by atoms with Gasteiger partial charge >= 0.3 is 0 Å². The number of carbonyl (C=O) groups is 1. The molecule has 0 atom stereocenters. The summed E-state index contributed by atoms with van der Waals surface area (Å²) in [5.74, 6) is -0.0797. The Morgan fingerprint density at radius 2 is 2.40 bits per heavy atom. The van der Waals surface area contributed by atoms with Crippen LogP contribution in [0.2, 0.25) is 0 Å². The number of amides is 1. The lowest BCUT2D eigenvalue weighted by molar-refractivity contribution is -0.114. The molecule has 3 nitrogen and oxygen atoms in total. The maximum Gasteiger partial charge on any atom is 0.221 e. The Balaban J connectivity index is 2.42. The van der Waals surface area contributed by atoms with Gasteiger partial charge in [-0.05, 0) is 27.4 Å². The first-order valence-electron chi connectivity index (χ1n) is 4.14. The molecule has 0 spiro atoms. The van der Waals surface area contributed by atoms with Crippen molar-refractivity contribution in [3.05, 3.63) is 21.4 Å². The van der Waals surface area contributed by atoms with Crippen LogP contribution in [0.3, 0.4) is 0 Å². The molecule has 6 heteroatoms. The second kappa shape index (κ2) is 4.42. The van der Waals surface area contributed by atoms with E-state index in [0.717, 1.165) is 19.5 Å². The number of hydrogen-bond acceptors (Lipinski definition) is 4. The van der Waals surface area contributed by atoms with E-state index >= 15 is 0 Å². The third kappa shape index (κ3) is 2.45. The maximum absolute atomic E-state index is 11.0. The molecule has 2 rings (SSSR count). The molecule has 1 amide bonds. The van der Waals surface area contributed by atoms with Crippen LogP contribution in [0.4, 0.5) is 5.00 Å². The smallest absolute Gasteiger partial charge is 0.221 e. The molecule has 0 saturated heterocycles. The van der Waals surface area contributed by atoms with Crippen molar-refractivity contribution in [3.8, 4) is 10.6 Å². The van der Waals surface area contributed by atoms with Crippen LogP contribution in [-0.4, -0.2) is 10.9 Å². The summed E-state index contributed by atoms with van der Waals surface area (Å²) in [5, 5.41) is 5.55. The molecule has 0 bridgehead atoms. The Bertz CT molecular complexity index is 478. The SMILES string of the molecule is CC(=O)Nc1sc(Br)nc1-c1cccs1. The van der Waals surface area contributed by atoms with Crippen molar-refractivity contribution in [2.45, 2.75) is 6.92 Å². The molecule has 15 heavy (non-hydrogen) atoms. The van der Waals surface area contributed by atoms with E-state index in [2.05, 4.69) is 26.2 Å². The fourth-order valence-corrected chi connectivity index (χ4v) is 3.32. The lowest BCUT2D eigenvalue weighted by Crippen LogP contribution is -2.04. The highest BCUT2D eigenvalue weighted by molar-refractivity contribution is 9.11. The first-order valence-corrected chi connectivity index (χ1v) is 6.63. The molecular formula is C9H7BrN2OS2. The van der Waals surface area contributed by atoms with Gasteiger partial charge in [-0.15, -0.1) is 11.3 Å². The Kier molecular flexibility index (Phi) is 3.18. The summed E-state index contributed by atoms with van der Waals surface area (Å²) in [6, 6.07) is 3.95. The highest BCUT2D eigenvalue weighted by Gasteiger charge is 2.13. The van der Waals surface area contributed by atoms with Crippen LogP contribution >= 0.6 is 38.6 Å². The number of hydrogen-bond donors (Lipinski definition) is 1.